The highest BCUT2D eigenvalue weighted by Crippen LogP contribution is 2.13. The van der Waals surface area contributed by atoms with Crippen molar-refractivity contribution in [2.75, 3.05) is 58.3 Å². The van der Waals surface area contributed by atoms with Crippen LogP contribution in [0.5, 0.6) is 0 Å². The molecule has 0 aliphatic carbocycles. The number of nitrogens with two attached hydrogens (primary N) is 1. The van der Waals surface area contributed by atoms with Gasteiger partial charge in [-0.2, -0.15) is 0 Å². The third-order valence-corrected chi connectivity index (χ3v) is 3.42. The fraction of sp³-hybridized carbons (Fsp3) is 0.615. The molecule has 0 aromatic carbocycles. The minimum atomic E-state index is -0.128. The summed E-state index contributed by atoms with van der Waals surface area (Å²) in [7, 11) is 3.41. The van der Waals surface area contributed by atoms with E-state index in [-0.39, 0.29) is 5.91 Å². The summed E-state index contributed by atoms with van der Waals surface area (Å²) in [6.07, 6.45) is 0. The fourth-order valence-electron chi connectivity index (χ4n) is 2.22. The summed E-state index contributed by atoms with van der Waals surface area (Å²) in [5, 5.41) is 8.18. The van der Waals surface area contributed by atoms with Crippen LogP contribution in [-0.2, 0) is 0 Å². The molecule has 0 atom stereocenters. The summed E-state index contributed by atoms with van der Waals surface area (Å²) in [5.74, 6) is 0.699. The highest BCUT2D eigenvalue weighted by molar-refractivity contribution is 5.91. The number of rotatable bonds is 4. The predicted octanol–water partition coefficient (Wildman–Crippen LogP) is -0.741. The number of hydrogen-bond acceptors (Lipinski definition) is 6. The molecule has 1 aromatic rings. The lowest BCUT2D eigenvalue weighted by molar-refractivity contribution is 0.0821. The van der Waals surface area contributed by atoms with Crippen LogP contribution >= 0.6 is 0 Å². The van der Waals surface area contributed by atoms with E-state index < -0.39 is 0 Å². The standard InChI is InChI=1S/C13H22N6O/c1-17(2)13(20)11-3-4-12(16-15-11)19-9-7-18(6-5-14)8-10-19/h3-4H,5-10,14H2,1-2H3. The number of carbonyl (C=O) groups excluding carboxylic acids is 1. The first kappa shape index (κ1) is 14.7. The summed E-state index contributed by atoms with van der Waals surface area (Å²) < 4.78 is 0. The van der Waals surface area contributed by atoms with E-state index in [9.17, 15) is 4.79 Å². The molecule has 1 aliphatic heterocycles. The maximum absolute atomic E-state index is 11.7. The van der Waals surface area contributed by atoms with Crippen LogP contribution in [0.2, 0.25) is 0 Å². The van der Waals surface area contributed by atoms with Gasteiger partial charge < -0.3 is 15.5 Å². The second-order valence-corrected chi connectivity index (χ2v) is 5.09. The SMILES string of the molecule is CN(C)C(=O)c1ccc(N2CCN(CCN)CC2)nn1. The lowest BCUT2D eigenvalue weighted by Gasteiger charge is -2.34. The molecule has 110 valence electrons. The monoisotopic (exact) mass is 278 g/mol. The van der Waals surface area contributed by atoms with Crippen molar-refractivity contribution in [3.05, 3.63) is 17.8 Å². The van der Waals surface area contributed by atoms with Crippen molar-refractivity contribution in [3.8, 4) is 0 Å². The lowest BCUT2D eigenvalue weighted by Crippen LogP contribution is -2.48. The van der Waals surface area contributed by atoms with E-state index in [2.05, 4.69) is 20.0 Å². The maximum atomic E-state index is 11.7. The van der Waals surface area contributed by atoms with Crippen molar-refractivity contribution >= 4 is 11.7 Å². The van der Waals surface area contributed by atoms with Crippen LogP contribution in [-0.4, -0.2) is 79.3 Å². The quantitative estimate of drug-likeness (QED) is 0.781. The molecule has 0 spiro atoms. The summed E-state index contributed by atoms with van der Waals surface area (Å²) in [6, 6.07) is 3.60. The van der Waals surface area contributed by atoms with Gasteiger partial charge in [-0.25, -0.2) is 0 Å². The van der Waals surface area contributed by atoms with E-state index in [1.165, 1.54) is 4.90 Å². The largest absolute Gasteiger partial charge is 0.353 e. The average Bonchev–Trinajstić information content (AvgIpc) is 2.48. The van der Waals surface area contributed by atoms with Gasteiger partial charge >= 0.3 is 0 Å². The molecule has 2 N–H and O–H groups in total. The van der Waals surface area contributed by atoms with Crippen LogP contribution in [0.1, 0.15) is 10.5 Å². The van der Waals surface area contributed by atoms with Gasteiger partial charge in [0.2, 0.25) is 0 Å². The number of hydrogen-bond donors (Lipinski definition) is 1. The molecule has 0 radical (unpaired) electrons. The number of carbonyl (C=O) groups is 1. The predicted molar refractivity (Wildman–Crippen MR) is 77.8 cm³/mol. The number of amides is 1. The lowest BCUT2D eigenvalue weighted by atomic mass is 10.3. The normalized spacial score (nSPS) is 16.2. The molecule has 20 heavy (non-hydrogen) atoms. The topological polar surface area (TPSA) is 78.6 Å². The van der Waals surface area contributed by atoms with Crippen molar-refractivity contribution in [1.82, 2.24) is 20.0 Å². The fourth-order valence-corrected chi connectivity index (χ4v) is 2.22. The van der Waals surface area contributed by atoms with Gasteiger partial charge in [0.25, 0.3) is 5.91 Å². The Morgan fingerprint density at radius 2 is 1.95 bits per heavy atom. The molecule has 7 nitrogen and oxygen atoms in total. The molecule has 1 saturated heterocycles. The van der Waals surface area contributed by atoms with Crippen molar-refractivity contribution in [3.63, 3.8) is 0 Å². The van der Waals surface area contributed by atoms with Gasteiger partial charge in [-0.3, -0.25) is 9.69 Å². The second kappa shape index (κ2) is 6.62. The van der Waals surface area contributed by atoms with Crippen molar-refractivity contribution < 1.29 is 4.79 Å². The van der Waals surface area contributed by atoms with E-state index in [0.717, 1.165) is 38.5 Å². The van der Waals surface area contributed by atoms with Gasteiger partial charge in [-0.1, -0.05) is 0 Å². The molecule has 1 amide bonds. The molecule has 1 aliphatic rings. The minimum absolute atomic E-state index is 0.128. The van der Waals surface area contributed by atoms with Crippen LogP contribution < -0.4 is 10.6 Å². The first-order chi connectivity index (χ1) is 9.61. The Balaban J connectivity index is 1.96. The molecule has 2 heterocycles. The van der Waals surface area contributed by atoms with Crippen LogP contribution in [0.25, 0.3) is 0 Å². The summed E-state index contributed by atoms with van der Waals surface area (Å²) in [4.78, 5) is 17.8. The van der Waals surface area contributed by atoms with Crippen LogP contribution in [0.15, 0.2) is 12.1 Å². The van der Waals surface area contributed by atoms with Gasteiger partial charge in [-0.05, 0) is 12.1 Å². The average molecular weight is 278 g/mol. The molecule has 7 heteroatoms. The van der Waals surface area contributed by atoms with Gasteiger partial charge in [-0.15, -0.1) is 10.2 Å². The van der Waals surface area contributed by atoms with Crippen molar-refractivity contribution in [2.24, 2.45) is 5.73 Å². The molecule has 2 rings (SSSR count). The highest BCUT2D eigenvalue weighted by atomic mass is 16.2. The zero-order valence-electron chi connectivity index (χ0n) is 12.1. The summed E-state index contributed by atoms with van der Waals surface area (Å²) >= 11 is 0. The molecule has 0 saturated carbocycles. The Kier molecular flexibility index (Phi) is 4.86. The Labute approximate surface area is 119 Å². The molecule has 1 fully saturated rings. The van der Waals surface area contributed by atoms with Gasteiger partial charge in [0.1, 0.15) is 0 Å². The zero-order valence-corrected chi connectivity index (χ0v) is 12.1. The first-order valence-corrected chi connectivity index (χ1v) is 6.84. The maximum Gasteiger partial charge on any atom is 0.273 e. The van der Waals surface area contributed by atoms with Crippen LogP contribution in [0.3, 0.4) is 0 Å². The molecule has 0 unspecified atom stereocenters. The second-order valence-electron chi connectivity index (χ2n) is 5.09. The van der Waals surface area contributed by atoms with E-state index >= 15 is 0 Å². The summed E-state index contributed by atoms with van der Waals surface area (Å²) in [5.41, 5.74) is 5.94. The third kappa shape index (κ3) is 3.43. The smallest absolute Gasteiger partial charge is 0.273 e. The van der Waals surface area contributed by atoms with E-state index in [1.807, 2.05) is 6.07 Å². The van der Waals surface area contributed by atoms with E-state index in [4.69, 9.17) is 5.73 Å². The molecular formula is C13H22N6O. The van der Waals surface area contributed by atoms with Crippen molar-refractivity contribution in [2.45, 2.75) is 0 Å². The molecule has 0 bridgehead atoms. The highest BCUT2D eigenvalue weighted by Gasteiger charge is 2.18. The van der Waals surface area contributed by atoms with E-state index in [0.29, 0.717) is 12.2 Å². The van der Waals surface area contributed by atoms with Gasteiger partial charge in [0.15, 0.2) is 11.5 Å². The Bertz CT molecular complexity index is 439. The minimum Gasteiger partial charge on any atom is -0.353 e. The van der Waals surface area contributed by atoms with Gasteiger partial charge in [0.05, 0.1) is 0 Å². The Morgan fingerprint density at radius 3 is 2.45 bits per heavy atom. The molecular weight excluding hydrogens is 256 g/mol. The first-order valence-electron chi connectivity index (χ1n) is 6.84. The summed E-state index contributed by atoms with van der Waals surface area (Å²) in [6.45, 7) is 5.43. The number of aromatic nitrogens is 2. The zero-order chi connectivity index (χ0) is 14.5. The molecule has 1 aromatic heterocycles. The number of piperazine rings is 1. The number of nitrogens with zero attached hydrogens (tertiary/aromatic N) is 5. The Hall–Kier alpha value is -1.73. The third-order valence-electron chi connectivity index (χ3n) is 3.42. The number of anilines is 1. The van der Waals surface area contributed by atoms with E-state index in [1.54, 1.807) is 20.2 Å². The van der Waals surface area contributed by atoms with Crippen LogP contribution in [0.4, 0.5) is 5.82 Å². The van der Waals surface area contributed by atoms with Gasteiger partial charge in [0, 0.05) is 53.4 Å². The van der Waals surface area contributed by atoms with Crippen LogP contribution in [0, 0.1) is 0 Å². The van der Waals surface area contributed by atoms with Crippen molar-refractivity contribution in [1.29, 1.82) is 0 Å². The Morgan fingerprint density at radius 1 is 1.25 bits per heavy atom.